The second-order valence-corrected chi connectivity index (χ2v) is 4.84. The van der Waals surface area contributed by atoms with Gasteiger partial charge in [-0.25, -0.2) is 9.97 Å². The Morgan fingerprint density at radius 2 is 2.12 bits per heavy atom. The van der Waals surface area contributed by atoms with Crippen molar-refractivity contribution in [2.24, 2.45) is 0 Å². The van der Waals surface area contributed by atoms with Gasteiger partial charge in [0.1, 0.15) is 17.2 Å². The van der Waals surface area contributed by atoms with E-state index in [1.54, 1.807) is 18.1 Å². The zero-order valence-corrected chi connectivity index (χ0v) is 11.3. The van der Waals surface area contributed by atoms with Crippen molar-refractivity contribution in [1.29, 1.82) is 0 Å². The van der Waals surface area contributed by atoms with Crippen LogP contribution in [0.4, 0.5) is 5.82 Å². The summed E-state index contributed by atoms with van der Waals surface area (Å²) in [5.41, 5.74) is 1.22. The monoisotopic (exact) mass is 240 g/mol. The zero-order valence-electron chi connectivity index (χ0n) is 10.4. The maximum atomic E-state index is 4.35. The van der Waals surface area contributed by atoms with Gasteiger partial charge in [0, 0.05) is 24.9 Å². The Kier molecular flexibility index (Phi) is 5.55. The summed E-state index contributed by atoms with van der Waals surface area (Å²) in [6.45, 7) is 3.20. The average molecular weight is 240 g/mol. The number of nitrogens with zero attached hydrogens (tertiary/aromatic N) is 3. The summed E-state index contributed by atoms with van der Waals surface area (Å²) in [6.07, 6.45) is 2.59. The van der Waals surface area contributed by atoms with E-state index in [1.165, 1.54) is 5.56 Å². The smallest absolute Gasteiger partial charge is 0.133 e. The lowest BCUT2D eigenvalue weighted by atomic mass is 10.2. The number of anilines is 1. The fourth-order valence-corrected chi connectivity index (χ4v) is 2.57. The van der Waals surface area contributed by atoms with Crippen molar-refractivity contribution in [2.45, 2.75) is 18.4 Å². The van der Waals surface area contributed by atoms with Gasteiger partial charge < -0.3 is 10.2 Å². The fraction of sp³-hybridized carbons (Fsp3) is 0.636. The summed E-state index contributed by atoms with van der Waals surface area (Å²) in [4.78, 5) is 10.8. The highest BCUT2D eigenvalue weighted by Gasteiger charge is 2.08. The average Bonchev–Trinajstić information content (AvgIpc) is 2.28. The van der Waals surface area contributed by atoms with Crippen LogP contribution in [0.25, 0.3) is 0 Å². The van der Waals surface area contributed by atoms with Gasteiger partial charge in [0.15, 0.2) is 0 Å². The predicted octanol–water partition coefficient (Wildman–Crippen LogP) is 1.73. The summed E-state index contributed by atoms with van der Waals surface area (Å²) in [5.74, 6) is 2.00. The molecule has 1 aromatic heterocycles. The first-order valence-corrected chi connectivity index (χ1v) is 6.46. The van der Waals surface area contributed by atoms with Crippen molar-refractivity contribution < 1.29 is 0 Å². The SMILES string of the molecule is CCc1c(NC)ncnc1SCCN(C)C. The summed E-state index contributed by atoms with van der Waals surface area (Å²) < 4.78 is 0. The Bertz CT molecular complexity index is 328. The number of hydrogen-bond acceptors (Lipinski definition) is 5. The molecule has 0 radical (unpaired) electrons. The molecule has 0 spiro atoms. The first-order chi connectivity index (χ1) is 7.69. The largest absolute Gasteiger partial charge is 0.373 e. The van der Waals surface area contributed by atoms with Gasteiger partial charge >= 0.3 is 0 Å². The molecule has 1 aromatic rings. The molecule has 4 nitrogen and oxygen atoms in total. The lowest BCUT2D eigenvalue weighted by molar-refractivity contribution is 0.437. The summed E-state index contributed by atoms with van der Waals surface area (Å²) >= 11 is 1.80. The van der Waals surface area contributed by atoms with Crippen LogP contribution in [0.15, 0.2) is 11.4 Å². The van der Waals surface area contributed by atoms with Crippen molar-refractivity contribution in [3.63, 3.8) is 0 Å². The van der Waals surface area contributed by atoms with E-state index in [-0.39, 0.29) is 0 Å². The van der Waals surface area contributed by atoms with Crippen LogP contribution >= 0.6 is 11.8 Å². The van der Waals surface area contributed by atoms with E-state index in [1.807, 2.05) is 7.05 Å². The molecule has 0 saturated heterocycles. The molecule has 16 heavy (non-hydrogen) atoms. The first-order valence-electron chi connectivity index (χ1n) is 5.48. The van der Waals surface area contributed by atoms with Crippen LogP contribution in [0.3, 0.4) is 0 Å². The molecule has 1 rings (SSSR count). The van der Waals surface area contributed by atoms with Gasteiger partial charge in [0.05, 0.1) is 0 Å². The molecular formula is C11H20N4S. The van der Waals surface area contributed by atoms with Gasteiger partial charge in [0.25, 0.3) is 0 Å². The fourth-order valence-electron chi connectivity index (χ4n) is 1.38. The van der Waals surface area contributed by atoms with Gasteiger partial charge in [-0.1, -0.05) is 6.92 Å². The standard InChI is InChI=1S/C11H20N4S/c1-5-9-10(12-2)13-8-14-11(9)16-7-6-15(3)4/h8H,5-7H2,1-4H3,(H,12,13,14). The van der Waals surface area contributed by atoms with Crippen molar-refractivity contribution >= 4 is 17.6 Å². The van der Waals surface area contributed by atoms with Gasteiger partial charge in [-0.05, 0) is 20.5 Å². The third kappa shape index (κ3) is 3.64. The Balaban J connectivity index is 2.71. The maximum Gasteiger partial charge on any atom is 0.133 e. The third-order valence-corrected chi connectivity index (χ3v) is 3.29. The van der Waals surface area contributed by atoms with E-state index in [4.69, 9.17) is 0 Å². The van der Waals surface area contributed by atoms with Gasteiger partial charge in [-0.3, -0.25) is 0 Å². The van der Waals surface area contributed by atoms with Crippen LogP contribution < -0.4 is 5.32 Å². The van der Waals surface area contributed by atoms with E-state index in [2.05, 4.69) is 41.2 Å². The number of aromatic nitrogens is 2. The Morgan fingerprint density at radius 1 is 1.38 bits per heavy atom. The van der Waals surface area contributed by atoms with Gasteiger partial charge in [0.2, 0.25) is 0 Å². The minimum Gasteiger partial charge on any atom is -0.373 e. The molecule has 0 atom stereocenters. The highest BCUT2D eigenvalue weighted by Crippen LogP contribution is 2.24. The molecule has 0 unspecified atom stereocenters. The topological polar surface area (TPSA) is 41.1 Å². The Labute approximate surface area is 102 Å². The van der Waals surface area contributed by atoms with Crippen LogP contribution in [0.2, 0.25) is 0 Å². The molecule has 1 heterocycles. The summed E-state index contributed by atoms with van der Waals surface area (Å²) in [5, 5.41) is 4.21. The molecule has 90 valence electrons. The zero-order chi connectivity index (χ0) is 12.0. The number of hydrogen-bond donors (Lipinski definition) is 1. The lowest BCUT2D eigenvalue weighted by Crippen LogP contribution is -2.15. The molecule has 5 heteroatoms. The van der Waals surface area contributed by atoms with E-state index < -0.39 is 0 Å². The highest BCUT2D eigenvalue weighted by molar-refractivity contribution is 7.99. The molecule has 0 bridgehead atoms. The molecule has 0 fully saturated rings. The molecule has 0 amide bonds. The molecule has 0 aliphatic heterocycles. The molecule has 0 saturated carbocycles. The minimum absolute atomic E-state index is 0.949. The molecule has 0 aliphatic rings. The van der Waals surface area contributed by atoms with Crippen LogP contribution in [-0.2, 0) is 6.42 Å². The van der Waals surface area contributed by atoms with Crippen molar-refractivity contribution in [3.05, 3.63) is 11.9 Å². The second-order valence-electron chi connectivity index (χ2n) is 3.76. The number of thioether (sulfide) groups is 1. The predicted molar refractivity (Wildman–Crippen MR) is 70.2 cm³/mol. The third-order valence-electron chi connectivity index (χ3n) is 2.27. The normalized spacial score (nSPS) is 10.8. The summed E-state index contributed by atoms with van der Waals surface area (Å²) in [7, 11) is 6.07. The van der Waals surface area contributed by atoms with Gasteiger partial charge in [-0.2, -0.15) is 0 Å². The quantitative estimate of drug-likeness (QED) is 0.606. The van der Waals surface area contributed by atoms with Crippen molar-refractivity contribution in [3.8, 4) is 0 Å². The lowest BCUT2D eigenvalue weighted by Gasteiger charge is -2.12. The van der Waals surface area contributed by atoms with E-state index in [0.29, 0.717) is 0 Å². The molecular weight excluding hydrogens is 220 g/mol. The van der Waals surface area contributed by atoms with Crippen LogP contribution in [0.1, 0.15) is 12.5 Å². The number of rotatable bonds is 6. The highest BCUT2D eigenvalue weighted by atomic mass is 32.2. The van der Waals surface area contributed by atoms with E-state index in [9.17, 15) is 0 Å². The van der Waals surface area contributed by atoms with Crippen molar-refractivity contribution in [2.75, 3.05) is 38.8 Å². The minimum atomic E-state index is 0.949. The van der Waals surface area contributed by atoms with E-state index >= 15 is 0 Å². The second kappa shape index (κ2) is 6.70. The van der Waals surface area contributed by atoms with Crippen LogP contribution in [0.5, 0.6) is 0 Å². The number of nitrogens with one attached hydrogen (secondary N) is 1. The van der Waals surface area contributed by atoms with Gasteiger partial charge in [-0.15, -0.1) is 11.8 Å². The van der Waals surface area contributed by atoms with Crippen molar-refractivity contribution in [1.82, 2.24) is 14.9 Å². The maximum absolute atomic E-state index is 4.35. The first kappa shape index (κ1) is 13.3. The molecule has 0 aromatic carbocycles. The van der Waals surface area contributed by atoms with Crippen LogP contribution in [0, 0.1) is 0 Å². The Morgan fingerprint density at radius 3 is 2.69 bits per heavy atom. The van der Waals surface area contributed by atoms with E-state index in [0.717, 1.165) is 29.6 Å². The molecule has 1 N–H and O–H groups in total. The van der Waals surface area contributed by atoms with Crippen LogP contribution in [-0.4, -0.2) is 48.3 Å². The Hall–Kier alpha value is -0.810. The molecule has 0 aliphatic carbocycles. The summed E-state index contributed by atoms with van der Waals surface area (Å²) in [6, 6.07) is 0.